The maximum Gasteiger partial charge on any atom is 0.175 e. The summed E-state index contributed by atoms with van der Waals surface area (Å²) in [5, 5.41) is 10.1. The third-order valence-electron chi connectivity index (χ3n) is 2.59. The second-order valence-electron chi connectivity index (χ2n) is 4.42. The summed E-state index contributed by atoms with van der Waals surface area (Å²) in [5.41, 5.74) is 0.756. The van der Waals surface area contributed by atoms with Crippen LogP contribution in [-0.2, 0) is 4.74 Å². The molecular formula is C13H17BrO4. The van der Waals surface area contributed by atoms with Gasteiger partial charge in [-0.2, -0.15) is 0 Å². The number of halogens is 1. The minimum absolute atomic E-state index is 0.0975. The molecule has 5 heteroatoms. The summed E-state index contributed by atoms with van der Waals surface area (Å²) in [7, 11) is 0. The van der Waals surface area contributed by atoms with Crippen LogP contribution >= 0.6 is 15.9 Å². The molecule has 18 heavy (non-hydrogen) atoms. The van der Waals surface area contributed by atoms with Gasteiger partial charge in [-0.3, -0.25) is 0 Å². The second-order valence-corrected chi connectivity index (χ2v) is 5.28. The summed E-state index contributed by atoms with van der Waals surface area (Å²) in [5.74, 6) is 1.36. The van der Waals surface area contributed by atoms with Crippen molar-refractivity contribution in [3.8, 4) is 11.5 Å². The van der Waals surface area contributed by atoms with Crippen LogP contribution in [0.2, 0.25) is 0 Å². The standard InChI is InChI=1S/C13H17BrO4/c1-8(2)18-7-11(15)9-5-10(14)13-12(6-9)16-3-4-17-13/h5-6,8,11,15H,3-4,7H2,1-2H3. The molecule has 0 aromatic heterocycles. The monoisotopic (exact) mass is 316 g/mol. The van der Waals surface area contributed by atoms with E-state index in [1.807, 2.05) is 19.9 Å². The third-order valence-corrected chi connectivity index (χ3v) is 3.18. The normalized spacial score (nSPS) is 15.8. The van der Waals surface area contributed by atoms with E-state index in [9.17, 15) is 5.11 Å². The van der Waals surface area contributed by atoms with Crippen molar-refractivity contribution in [2.75, 3.05) is 19.8 Å². The Labute approximate surface area is 115 Å². The largest absolute Gasteiger partial charge is 0.486 e. The van der Waals surface area contributed by atoms with Crippen molar-refractivity contribution < 1.29 is 19.3 Å². The zero-order chi connectivity index (χ0) is 13.1. The number of aliphatic hydroxyl groups is 1. The van der Waals surface area contributed by atoms with Gasteiger partial charge in [-0.15, -0.1) is 0 Å². The van der Waals surface area contributed by atoms with Crippen molar-refractivity contribution >= 4 is 15.9 Å². The first-order valence-corrected chi connectivity index (χ1v) is 6.76. The van der Waals surface area contributed by atoms with Crippen LogP contribution in [0.4, 0.5) is 0 Å². The lowest BCUT2D eigenvalue weighted by molar-refractivity contribution is 0.00473. The Morgan fingerprint density at radius 2 is 2.06 bits per heavy atom. The van der Waals surface area contributed by atoms with E-state index in [2.05, 4.69) is 15.9 Å². The number of aliphatic hydroxyl groups excluding tert-OH is 1. The molecule has 100 valence electrons. The molecule has 1 aliphatic rings. The molecule has 1 aromatic carbocycles. The zero-order valence-corrected chi connectivity index (χ0v) is 12.1. The zero-order valence-electron chi connectivity index (χ0n) is 10.5. The Kier molecular flexibility index (Phi) is 4.48. The maximum absolute atomic E-state index is 10.1. The van der Waals surface area contributed by atoms with Gasteiger partial charge in [0.25, 0.3) is 0 Å². The SMILES string of the molecule is CC(C)OCC(O)c1cc(Br)c2c(c1)OCCO2. The van der Waals surface area contributed by atoms with Crippen molar-refractivity contribution in [2.45, 2.75) is 26.1 Å². The van der Waals surface area contributed by atoms with Crippen LogP contribution in [0.25, 0.3) is 0 Å². The average molecular weight is 317 g/mol. The van der Waals surface area contributed by atoms with E-state index in [4.69, 9.17) is 14.2 Å². The highest BCUT2D eigenvalue weighted by molar-refractivity contribution is 9.10. The number of benzene rings is 1. The molecule has 2 rings (SSSR count). The molecule has 4 nitrogen and oxygen atoms in total. The molecule has 1 N–H and O–H groups in total. The predicted octanol–water partition coefficient (Wildman–Crippen LogP) is 2.68. The second kappa shape index (κ2) is 5.91. The average Bonchev–Trinajstić information content (AvgIpc) is 2.36. The van der Waals surface area contributed by atoms with Gasteiger partial charge in [0.15, 0.2) is 11.5 Å². The summed E-state index contributed by atoms with van der Waals surface area (Å²) >= 11 is 3.42. The van der Waals surface area contributed by atoms with E-state index in [0.29, 0.717) is 24.7 Å². The first-order chi connectivity index (χ1) is 8.58. The third kappa shape index (κ3) is 3.16. The molecule has 0 fully saturated rings. The number of rotatable bonds is 4. The molecule has 1 aromatic rings. The van der Waals surface area contributed by atoms with E-state index in [1.54, 1.807) is 6.07 Å². The summed E-state index contributed by atoms with van der Waals surface area (Å²) in [6, 6.07) is 3.63. The molecule has 0 aliphatic carbocycles. The highest BCUT2D eigenvalue weighted by Crippen LogP contribution is 2.39. The molecule has 0 bridgehead atoms. The van der Waals surface area contributed by atoms with E-state index < -0.39 is 6.10 Å². The van der Waals surface area contributed by atoms with Crippen molar-refractivity contribution in [1.82, 2.24) is 0 Å². The fourth-order valence-electron chi connectivity index (χ4n) is 1.70. The van der Waals surface area contributed by atoms with Crippen LogP contribution in [0, 0.1) is 0 Å². The quantitative estimate of drug-likeness (QED) is 0.927. The Morgan fingerprint density at radius 1 is 1.33 bits per heavy atom. The van der Waals surface area contributed by atoms with Gasteiger partial charge in [0, 0.05) is 0 Å². The summed E-state index contributed by atoms with van der Waals surface area (Å²) in [4.78, 5) is 0. The molecule has 0 amide bonds. The summed E-state index contributed by atoms with van der Waals surface area (Å²) in [6.45, 7) is 5.22. The van der Waals surface area contributed by atoms with Crippen LogP contribution in [-0.4, -0.2) is 31.0 Å². The fourth-order valence-corrected chi connectivity index (χ4v) is 2.28. The van der Waals surface area contributed by atoms with Gasteiger partial charge < -0.3 is 19.3 Å². The van der Waals surface area contributed by atoms with Gasteiger partial charge in [-0.05, 0) is 47.5 Å². The van der Waals surface area contributed by atoms with E-state index in [1.165, 1.54) is 0 Å². The van der Waals surface area contributed by atoms with Gasteiger partial charge in [0.1, 0.15) is 19.3 Å². The number of hydrogen-bond donors (Lipinski definition) is 1. The van der Waals surface area contributed by atoms with Crippen molar-refractivity contribution in [3.05, 3.63) is 22.2 Å². The predicted molar refractivity (Wildman–Crippen MR) is 71.2 cm³/mol. The van der Waals surface area contributed by atoms with Gasteiger partial charge in [0.05, 0.1) is 17.2 Å². The Hall–Kier alpha value is -0.780. The topological polar surface area (TPSA) is 47.9 Å². The van der Waals surface area contributed by atoms with Gasteiger partial charge >= 0.3 is 0 Å². The van der Waals surface area contributed by atoms with Gasteiger partial charge in [-0.1, -0.05) is 0 Å². The van der Waals surface area contributed by atoms with E-state index in [0.717, 1.165) is 10.0 Å². The summed E-state index contributed by atoms with van der Waals surface area (Å²) in [6.07, 6.45) is -0.570. The van der Waals surface area contributed by atoms with Crippen molar-refractivity contribution in [3.63, 3.8) is 0 Å². The fraction of sp³-hybridized carbons (Fsp3) is 0.538. The molecular weight excluding hydrogens is 300 g/mol. The number of hydrogen-bond acceptors (Lipinski definition) is 4. The minimum Gasteiger partial charge on any atom is -0.486 e. The number of ether oxygens (including phenoxy) is 3. The first-order valence-electron chi connectivity index (χ1n) is 5.96. The van der Waals surface area contributed by atoms with Crippen LogP contribution in [0.3, 0.4) is 0 Å². The van der Waals surface area contributed by atoms with Crippen LogP contribution in [0.5, 0.6) is 11.5 Å². The van der Waals surface area contributed by atoms with Gasteiger partial charge in [0.2, 0.25) is 0 Å². The molecule has 0 spiro atoms. The Morgan fingerprint density at radius 3 is 2.78 bits per heavy atom. The molecule has 1 heterocycles. The van der Waals surface area contributed by atoms with Gasteiger partial charge in [-0.25, -0.2) is 0 Å². The van der Waals surface area contributed by atoms with Crippen molar-refractivity contribution in [1.29, 1.82) is 0 Å². The molecule has 1 atom stereocenters. The lowest BCUT2D eigenvalue weighted by atomic mass is 10.1. The minimum atomic E-state index is -0.667. The lowest BCUT2D eigenvalue weighted by Crippen LogP contribution is -2.17. The molecule has 0 radical (unpaired) electrons. The highest BCUT2D eigenvalue weighted by Gasteiger charge is 2.19. The molecule has 1 aliphatic heterocycles. The van der Waals surface area contributed by atoms with E-state index in [-0.39, 0.29) is 12.7 Å². The van der Waals surface area contributed by atoms with Crippen molar-refractivity contribution in [2.24, 2.45) is 0 Å². The Balaban J connectivity index is 2.16. The Bertz CT molecular complexity index is 420. The smallest absolute Gasteiger partial charge is 0.175 e. The molecule has 1 unspecified atom stereocenters. The maximum atomic E-state index is 10.1. The number of fused-ring (bicyclic) bond motifs is 1. The van der Waals surface area contributed by atoms with E-state index >= 15 is 0 Å². The lowest BCUT2D eigenvalue weighted by Gasteiger charge is -2.22. The summed E-state index contributed by atoms with van der Waals surface area (Å²) < 4.78 is 17.2. The first kappa shape index (κ1) is 13.6. The van der Waals surface area contributed by atoms with Crippen LogP contribution < -0.4 is 9.47 Å². The molecule has 0 saturated carbocycles. The van der Waals surface area contributed by atoms with Crippen LogP contribution in [0.15, 0.2) is 16.6 Å². The van der Waals surface area contributed by atoms with Crippen LogP contribution in [0.1, 0.15) is 25.5 Å². The molecule has 0 saturated heterocycles. The highest BCUT2D eigenvalue weighted by atomic mass is 79.9.